The summed E-state index contributed by atoms with van der Waals surface area (Å²) >= 11 is 1.19. The van der Waals surface area contributed by atoms with E-state index in [-0.39, 0.29) is 45.7 Å². The molecule has 1 fully saturated rings. The van der Waals surface area contributed by atoms with Crippen LogP contribution in [-0.4, -0.2) is 58.2 Å². The van der Waals surface area contributed by atoms with E-state index in [1.807, 2.05) is 11.8 Å². The summed E-state index contributed by atoms with van der Waals surface area (Å²) in [5.41, 5.74) is 5.51. The Bertz CT molecular complexity index is 1560. The van der Waals surface area contributed by atoms with Crippen molar-refractivity contribution >= 4 is 40.3 Å². The van der Waals surface area contributed by atoms with Crippen molar-refractivity contribution in [3.8, 4) is 22.6 Å². The van der Waals surface area contributed by atoms with E-state index in [1.54, 1.807) is 30.3 Å². The normalized spacial score (nSPS) is 15.9. The van der Waals surface area contributed by atoms with Gasteiger partial charge in [0, 0.05) is 29.6 Å². The molecule has 4 aromatic rings. The number of aromatic nitrogens is 4. The molecule has 0 radical (unpaired) electrons. The summed E-state index contributed by atoms with van der Waals surface area (Å²) in [5, 5.41) is 0. The van der Waals surface area contributed by atoms with Crippen molar-refractivity contribution in [3.63, 3.8) is 0 Å². The molecule has 0 amide bonds. The number of hydrogen-bond acceptors (Lipinski definition) is 9. The number of halogens is 5. The third-order valence-corrected chi connectivity index (χ3v) is 7.33. The van der Waals surface area contributed by atoms with Gasteiger partial charge in [0.15, 0.2) is 17.5 Å². The Balaban J connectivity index is 1.65. The Labute approximate surface area is 236 Å². The highest BCUT2D eigenvalue weighted by atomic mass is 32.2. The first-order valence-corrected chi connectivity index (χ1v) is 13.7. The van der Waals surface area contributed by atoms with Crippen LogP contribution in [-0.2, 0) is 10.9 Å². The lowest BCUT2D eigenvalue weighted by Gasteiger charge is -2.34. The molecule has 5 rings (SSSR count). The maximum atomic E-state index is 15.5. The molecule has 3 N–H and O–H groups in total. The van der Waals surface area contributed by atoms with Crippen LogP contribution >= 0.6 is 11.9 Å². The highest BCUT2D eigenvalue weighted by Crippen LogP contribution is 2.38. The SMILES string of the molecule is CC1COCCN1c1nc(-c2cnc(N)cc2C(F)(F)F)nc2ccc(-c3cccc(NSCCCF)c3F)nc12. The zero-order valence-electron chi connectivity index (χ0n) is 21.9. The Kier molecular flexibility index (Phi) is 8.40. The molecule has 41 heavy (non-hydrogen) atoms. The summed E-state index contributed by atoms with van der Waals surface area (Å²) in [7, 11) is 0. The summed E-state index contributed by atoms with van der Waals surface area (Å²) in [6.45, 7) is 2.61. The van der Waals surface area contributed by atoms with Gasteiger partial charge >= 0.3 is 6.18 Å². The Morgan fingerprint density at radius 1 is 1.15 bits per heavy atom. The van der Waals surface area contributed by atoms with Crippen molar-refractivity contribution in [3.05, 3.63) is 54.0 Å². The molecule has 1 unspecified atom stereocenters. The number of nitrogens with one attached hydrogen (secondary N) is 1. The average Bonchev–Trinajstić information content (AvgIpc) is 2.95. The minimum atomic E-state index is -4.72. The predicted molar refractivity (Wildman–Crippen MR) is 150 cm³/mol. The number of fused-ring (bicyclic) bond motifs is 1. The first kappa shape index (κ1) is 28.7. The summed E-state index contributed by atoms with van der Waals surface area (Å²) < 4.78 is 78.2. The highest BCUT2D eigenvalue weighted by Gasteiger charge is 2.36. The average molecular weight is 592 g/mol. The van der Waals surface area contributed by atoms with Gasteiger partial charge in [-0.15, -0.1) is 0 Å². The smallest absolute Gasteiger partial charge is 0.384 e. The minimum Gasteiger partial charge on any atom is -0.384 e. The molecule has 0 bridgehead atoms. The number of hydrogen-bond donors (Lipinski definition) is 2. The van der Waals surface area contributed by atoms with Crippen molar-refractivity contribution in [2.45, 2.75) is 25.6 Å². The summed E-state index contributed by atoms with van der Waals surface area (Å²) in [5.74, 6) is -0.259. The Hall–Kier alpha value is -3.78. The van der Waals surface area contributed by atoms with E-state index in [9.17, 15) is 17.6 Å². The topological polar surface area (TPSA) is 102 Å². The van der Waals surface area contributed by atoms with E-state index >= 15 is 4.39 Å². The molecular weight excluding hydrogens is 565 g/mol. The Morgan fingerprint density at radius 2 is 1.98 bits per heavy atom. The van der Waals surface area contributed by atoms with Gasteiger partial charge in [-0.25, -0.2) is 24.3 Å². The lowest BCUT2D eigenvalue weighted by Crippen LogP contribution is -2.44. The van der Waals surface area contributed by atoms with Crippen LogP contribution in [0.1, 0.15) is 18.9 Å². The van der Waals surface area contributed by atoms with Gasteiger partial charge in [0.2, 0.25) is 0 Å². The fraction of sp³-hybridized carbons (Fsp3) is 0.333. The lowest BCUT2D eigenvalue weighted by molar-refractivity contribution is -0.137. The molecule has 1 atom stereocenters. The predicted octanol–water partition coefficient (Wildman–Crippen LogP) is 6.14. The van der Waals surface area contributed by atoms with E-state index in [2.05, 4.69) is 19.7 Å². The second-order valence-electron chi connectivity index (χ2n) is 9.37. The summed E-state index contributed by atoms with van der Waals surface area (Å²) in [6.07, 6.45) is -3.38. The number of rotatable bonds is 8. The molecular formula is C27H26F5N7OS. The maximum Gasteiger partial charge on any atom is 0.417 e. The fourth-order valence-corrected chi connectivity index (χ4v) is 5.13. The molecule has 14 heteroatoms. The quantitative estimate of drug-likeness (QED) is 0.142. The molecule has 0 spiro atoms. The van der Waals surface area contributed by atoms with E-state index in [4.69, 9.17) is 15.5 Å². The largest absolute Gasteiger partial charge is 0.417 e. The number of pyridine rings is 2. The van der Waals surface area contributed by atoms with Gasteiger partial charge in [0.1, 0.15) is 11.3 Å². The van der Waals surface area contributed by atoms with Crippen LogP contribution in [0.3, 0.4) is 0 Å². The number of nitrogens with two attached hydrogens (primary N) is 1. The van der Waals surface area contributed by atoms with E-state index < -0.39 is 24.2 Å². The first-order valence-electron chi connectivity index (χ1n) is 12.8. The van der Waals surface area contributed by atoms with Crippen LogP contribution in [0.4, 0.5) is 39.3 Å². The molecule has 0 saturated carbocycles. The summed E-state index contributed by atoms with van der Waals surface area (Å²) in [4.78, 5) is 19.4. The molecule has 0 aliphatic carbocycles. The number of benzene rings is 1. The van der Waals surface area contributed by atoms with Crippen LogP contribution in [0, 0.1) is 5.82 Å². The molecule has 216 valence electrons. The molecule has 1 saturated heterocycles. The monoisotopic (exact) mass is 591 g/mol. The van der Waals surface area contributed by atoms with Crippen molar-refractivity contribution in [1.29, 1.82) is 0 Å². The van der Waals surface area contributed by atoms with Crippen LogP contribution in [0.5, 0.6) is 0 Å². The van der Waals surface area contributed by atoms with Gasteiger partial charge in [0.05, 0.1) is 48.4 Å². The van der Waals surface area contributed by atoms with Crippen LogP contribution < -0.4 is 15.4 Å². The molecule has 1 aromatic carbocycles. The van der Waals surface area contributed by atoms with Crippen molar-refractivity contribution in [1.82, 2.24) is 19.9 Å². The first-order chi connectivity index (χ1) is 19.7. The molecule has 1 aliphatic heterocycles. The number of ether oxygens (including phenoxy) is 1. The number of nitrogens with zero attached hydrogens (tertiary/aromatic N) is 5. The van der Waals surface area contributed by atoms with Gasteiger partial charge in [0.25, 0.3) is 0 Å². The lowest BCUT2D eigenvalue weighted by atomic mass is 10.1. The number of alkyl halides is 4. The third-order valence-electron chi connectivity index (χ3n) is 6.47. The van der Waals surface area contributed by atoms with Crippen LogP contribution in [0.15, 0.2) is 42.6 Å². The number of nitrogen functional groups attached to an aromatic ring is 1. The molecule has 3 aromatic heterocycles. The molecule has 8 nitrogen and oxygen atoms in total. The fourth-order valence-electron chi connectivity index (χ4n) is 4.46. The van der Waals surface area contributed by atoms with E-state index in [0.29, 0.717) is 43.3 Å². The number of anilines is 3. The summed E-state index contributed by atoms with van der Waals surface area (Å²) in [6, 6.07) is 8.51. The zero-order chi connectivity index (χ0) is 29.1. The second-order valence-corrected chi connectivity index (χ2v) is 10.3. The van der Waals surface area contributed by atoms with Gasteiger partial charge in [-0.2, -0.15) is 13.2 Å². The van der Waals surface area contributed by atoms with E-state index in [1.165, 1.54) is 11.9 Å². The standard InChI is InChI=1S/C27H26F5N7OS/c1-15-14-40-10-9-39(15)26-24-21(36-25(37-26)17-13-34-22(33)12-18(17)27(30,31)32)7-6-19(35-24)16-4-2-5-20(23(16)29)38-41-11-3-8-28/h2,4-7,12-13,15,38H,3,8-11,14H2,1H3,(H2,33,34). The van der Waals surface area contributed by atoms with Crippen LogP contribution in [0.2, 0.25) is 0 Å². The molecule has 4 heterocycles. The zero-order valence-corrected chi connectivity index (χ0v) is 22.7. The highest BCUT2D eigenvalue weighted by molar-refractivity contribution is 8.00. The van der Waals surface area contributed by atoms with Crippen molar-refractivity contribution in [2.24, 2.45) is 0 Å². The van der Waals surface area contributed by atoms with E-state index in [0.717, 1.165) is 12.3 Å². The van der Waals surface area contributed by atoms with Crippen LogP contribution in [0.25, 0.3) is 33.7 Å². The maximum absolute atomic E-state index is 15.5. The molecule has 1 aliphatic rings. The third kappa shape index (κ3) is 6.12. The Morgan fingerprint density at radius 3 is 2.73 bits per heavy atom. The van der Waals surface area contributed by atoms with Gasteiger partial charge in [-0.1, -0.05) is 18.0 Å². The van der Waals surface area contributed by atoms with Gasteiger partial charge in [-0.05, 0) is 43.7 Å². The van der Waals surface area contributed by atoms with Crippen molar-refractivity contribution < 1.29 is 26.7 Å². The minimum absolute atomic E-state index is 0.169. The van der Waals surface area contributed by atoms with Crippen molar-refractivity contribution in [2.75, 3.05) is 47.5 Å². The number of morpholine rings is 1. The van der Waals surface area contributed by atoms with Gasteiger partial charge < -0.3 is 20.1 Å². The second kappa shape index (κ2) is 12.0. The van der Waals surface area contributed by atoms with Gasteiger partial charge in [-0.3, -0.25) is 4.39 Å².